The minimum Gasteiger partial charge on any atom is -0.508 e. The summed E-state index contributed by atoms with van der Waals surface area (Å²) < 4.78 is 245. The molecule has 0 heterocycles. The fourth-order valence-corrected chi connectivity index (χ4v) is 6.50. The summed E-state index contributed by atoms with van der Waals surface area (Å²) in [5.41, 5.74) is -5.70. The number of phenols is 1. The van der Waals surface area contributed by atoms with Gasteiger partial charge in [-0.05, 0) is 123 Å². The van der Waals surface area contributed by atoms with Crippen LogP contribution in [0.25, 0.3) is 0 Å². The quantitative estimate of drug-likeness (QED) is 0.0699. The summed E-state index contributed by atoms with van der Waals surface area (Å²) in [4.78, 5) is 33.9. The molecule has 0 fully saturated rings. The minimum atomic E-state index is -4.67. The van der Waals surface area contributed by atoms with Gasteiger partial charge >= 0.3 is 55.0 Å². The topological polar surface area (TPSA) is 129 Å². The van der Waals surface area contributed by atoms with Gasteiger partial charge in [-0.15, -0.1) is 0 Å². The normalized spacial score (nSPS) is 13.0. The first-order valence-corrected chi connectivity index (χ1v) is 23.0. The van der Waals surface area contributed by atoms with E-state index < -0.39 is 105 Å². The fourth-order valence-electron chi connectivity index (χ4n) is 6.08. The van der Waals surface area contributed by atoms with Crippen LogP contribution in [-0.2, 0) is 60.9 Å². The van der Waals surface area contributed by atoms with Gasteiger partial charge in [-0.25, -0.2) is 9.59 Å². The molecule has 0 aliphatic rings. The van der Waals surface area contributed by atoms with E-state index in [2.05, 4.69) is 15.9 Å². The molecule has 0 spiro atoms. The summed E-state index contributed by atoms with van der Waals surface area (Å²) in [5, 5.41) is 17.8. The Morgan fingerprint density at radius 2 is 0.700 bits per heavy atom. The van der Waals surface area contributed by atoms with Crippen molar-refractivity contribution in [2.75, 3.05) is 13.2 Å². The SMILES string of the molecule is CCOC(=O)C(Br)c1cccc(C(F)(F)F)c1.CCOC(=O)C(Oc1ccc(C(F)(F)F)cc1)c1cccc(C(F)(F)F)c1.O=C(O)C(Oc1ccc(C(F)(F)F)cc1)c1cccc(C(F)(F)F)c1.Oc1ccc(C(F)(F)F)cc1. The van der Waals surface area contributed by atoms with Gasteiger partial charge in [0.05, 0.1) is 46.6 Å². The minimum absolute atomic E-state index is 0.0509. The van der Waals surface area contributed by atoms with Gasteiger partial charge in [-0.2, -0.15) is 79.0 Å². The zero-order valence-corrected chi connectivity index (χ0v) is 42.0. The number of hydrogen-bond donors (Lipinski definition) is 2. The van der Waals surface area contributed by atoms with Crippen molar-refractivity contribution in [3.63, 3.8) is 0 Å². The number of phenolic OH excluding ortho intramolecular Hbond substituents is 1. The highest BCUT2D eigenvalue weighted by atomic mass is 79.9. The molecule has 6 rings (SSSR count). The summed E-state index contributed by atoms with van der Waals surface area (Å²) in [6, 6.07) is 22.2. The molecule has 0 bridgehead atoms. The van der Waals surface area contributed by atoms with Crippen LogP contribution < -0.4 is 9.47 Å². The fraction of sp³-hybridized carbons (Fsp3) is 0.250. The molecule has 0 aromatic heterocycles. The Balaban J connectivity index is 0.000000293. The average Bonchev–Trinajstić information content (AvgIpc) is 3.36. The predicted molar refractivity (Wildman–Crippen MR) is 250 cm³/mol. The Hall–Kier alpha value is -7.65. The molecule has 6 aromatic rings. The molecule has 0 aliphatic heterocycles. The van der Waals surface area contributed by atoms with Crippen molar-refractivity contribution in [1.82, 2.24) is 0 Å². The van der Waals surface area contributed by atoms with Crippen LogP contribution in [0.2, 0.25) is 0 Å². The third kappa shape index (κ3) is 21.2. The van der Waals surface area contributed by atoms with Crippen LogP contribution in [0.15, 0.2) is 146 Å². The van der Waals surface area contributed by atoms with Crippen molar-refractivity contribution in [1.29, 1.82) is 0 Å². The first kappa shape index (κ1) is 66.6. The molecule has 434 valence electrons. The Morgan fingerprint density at radius 1 is 0.412 bits per heavy atom. The van der Waals surface area contributed by atoms with Crippen LogP contribution in [0.5, 0.6) is 17.2 Å². The number of aliphatic carboxylic acids is 1. The number of carbonyl (C=O) groups excluding carboxylic acids is 2. The molecule has 28 heteroatoms. The van der Waals surface area contributed by atoms with E-state index in [9.17, 15) is 98.5 Å². The van der Waals surface area contributed by atoms with E-state index in [0.29, 0.717) is 18.2 Å². The van der Waals surface area contributed by atoms with Gasteiger partial charge in [0.1, 0.15) is 22.1 Å². The number of ether oxygens (including phenoxy) is 4. The molecule has 0 radical (unpaired) electrons. The second-order valence-corrected chi connectivity index (χ2v) is 16.6. The van der Waals surface area contributed by atoms with Crippen LogP contribution >= 0.6 is 15.9 Å². The lowest BCUT2D eigenvalue weighted by Crippen LogP contribution is -2.22. The lowest BCUT2D eigenvalue weighted by molar-refractivity contribution is -0.152. The highest BCUT2D eigenvalue weighted by molar-refractivity contribution is 9.09. The van der Waals surface area contributed by atoms with Crippen molar-refractivity contribution in [3.8, 4) is 17.2 Å². The van der Waals surface area contributed by atoms with Crippen LogP contribution in [0.4, 0.5) is 79.0 Å². The van der Waals surface area contributed by atoms with E-state index >= 15 is 0 Å². The number of carbonyl (C=O) groups is 3. The van der Waals surface area contributed by atoms with Crippen LogP contribution in [-0.4, -0.2) is 41.3 Å². The number of halogens is 19. The molecule has 3 unspecified atom stereocenters. The largest absolute Gasteiger partial charge is 0.508 e. The van der Waals surface area contributed by atoms with E-state index in [0.717, 1.165) is 109 Å². The summed E-state index contributed by atoms with van der Waals surface area (Å²) >= 11 is 3.01. The number of carboxylic acids is 1. The Labute approximate surface area is 449 Å². The highest BCUT2D eigenvalue weighted by Crippen LogP contribution is 2.38. The van der Waals surface area contributed by atoms with Gasteiger partial charge in [-0.3, -0.25) is 4.79 Å². The molecule has 3 atom stereocenters. The second kappa shape index (κ2) is 28.0. The first-order valence-electron chi connectivity index (χ1n) is 22.1. The van der Waals surface area contributed by atoms with E-state index in [4.69, 9.17) is 24.1 Å². The number of carboxylic acid groups (broad SMARTS) is 1. The van der Waals surface area contributed by atoms with Gasteiger partial charge in [0.2, 0.25) is 12.2 Å². The highest BCUT2D eigenvalue weighted by Gasteiger charge is 2.36. The lowest BCUT2D eigenvalue weighted by atomic mass is 10.1. The Morgan fingerprint density at radius 3 is 1.02 bits per heavy atom. The third-order valence-corrected chi connectivity index (χ3v) is 10.7. The Bertz CT molecular complexity index is 2940. The maximum Gasteiger partial charge on any atom is 0.416 e. The van der Waals surface area contributed by atoms with E-state index in [-0.39, 0.29) is 47.2 Å². The molecular formula is C52H39BrF18O9. The molecule has 0 amide bonds. The second-order valence-electron chi connectivity index (χ2n) is 15.7. The molecule has 9 nitrogen and oxygen atoms in total. The summed E-state index contributed by atoms with van der Waals surface area (Å²) in [6.45, 7) is 3.26. The van der Waals surface area contributed by atoms with Crippen molar-refractivity contribution in [2.45, 2.75) is 67.9 Å². The zero-order chi connectivity index (χ0) is 60.6. The van der Waals surface area contributed by atoms with Crippen LogP contribution in [0, 0.1) is 0 Å². The molecule has 80 heavy (non-hydrogen) atoms. The monoisotopic (exact) mass is 1230 g/mol. The summed E-state index contributed by atoms with van der Waals surface area (Å²) in [6.07, 6.45) is -30.6. The number of esters is 2. The van der Waals surface area contributed by atoms with E-state index in [1.165, 1.54) is 25.1 Å². The molecule has 2 N–H and O–H groups in total. The van der Waals surface area contributed by atoms with E-state index in [1.54, 1.807) is 6.92 Å². The zero-order valence-electron chi connectivity index (χ0n) is 40.4. The van der Waals surface area contributed by atoms with Crippen LogP contribution in [0.3, 0.4) is 0 Å². The van der Waals surface area contributed by atoms with Gasteiger partial charge in [0.25, 0.3) is 0 Å². The average molecular weight is 1230 g/mol. The number of rotatable bonds is 12. The lowest BCUT2D eigenvalue weighted by Gasteiger charge is -2.19. The molecule has 6 aromatic carbocycles. The van der Waals surface area contributed by atoms with Crippen molar-refractivity contribution >= 4 is 33.8 Å². The smallest absolute Gasteiger partial charge is 0.416 e. The molecule has 0 aliphatic carbocycles. The van der Waals surface area contributed by atoms with Gasteiger partial charge in [0, 0.05) is 11.1 Å². The maximum atomic E-state index is 12.9. The van der Waals surface area contributed by atoms with Crippen LogP contribution in [0.1, 0.15) is 81.0 Å². The van der Waals surface area contributed by atoms with Gasteiger partial charge in [0.15, 0.2) is 0 Å². The summed E-state index contributed by atoms with van der Waals surface area (Å²) in [5.74, 6) is -3.67. The van der Waals surface area contributed by atoms with Crippen molar-refractivity contribution in [3.05, 3.63) is 196 Å². The summed E-state index contributed by atoms with van der Waals surface area (Å²) in [7, 11) is 0. The number of alkyl halides is 19. The standard InChI is InChI=1S/C18H14F6O3.C16H10F6O3.C11H10BrF3O2.C7H5F3O/c1-2-26-16(25)15(11-4-3-5-13(10-11)18(22,23)24)27-14-8-6-12(7-9-14)17(19,20)21;17-15(18,19)10-4-6-12(7-5-10)25-13(14(23)24)9-2-1-3-11(8-9)16(20,21)22;1-2-17-10(16)9(12)7-4-3-5-8(6-7)11(13,14)15;8-7(9,10)5-1-3-6(11)4-2-5/h3-10,15H,2H2,1H3;1-8,13H,(H,23,24);3-6,9H,2H2,1H3;1-4,11H. The maximum absolute atomic E-state index is 12.9. The number of benzene rings is 6. The molecule has 0 saturated carbocycles. The van der Waals surface area contributed by atoms with Gasteiger partial charge < -0.3 is 29.2 Å². The number of aromatic hydroxyl groups is 1. The van der Waals surface area contributed by atoms with Crippen molar-refractivity contribution < 1.29 is 123 Å². The van der Waals surface area contributed by atoms with Gasteiger partial charge in [-0.1, -0.05) is 58.4 Å². The van der Waals surface area contributed by atoms with Crippen molar-refractivity contribution in [2.24, 2.45) is 0 Å². The number of hydrogen-bond acceptors (Lipinski definition) is 8. The molecule has 0 saturated heterocycles. The first-order chi connectivity index (χ1) is 36.9. The molecular weight excluding hydrogens is 1190 g/mol. The van der Waals surface area contributed by atoms with E-state index in [1.807, 2.05) is 0 Å². The predicted octanol–water partition coefficient (Wildman–Crippen LogP) is 16.5. The third-order valence-electron chi connectivity index (χ3n) is 9.82. The Kier molecular flexibility index (Phi) is 23.3.